The molecule has 0 radical (unpaired) electrons. The molecule has 72 valence electrons. The second kappa shape index (κ2) is 3.43. The summed E-state index contributed by atoms with van der Waals surface area (Å²) in [5.74, 6) is -0.109. The molecule has 0 saturated carbocycles. The summed E-state index contributed by atoms with van der Waals surface area (Å²) in [4.78, 5) is 11.4. The highest BCUT2D eigenvalue weighted by atomic mass is 32.2. The van der Waals surface area contributed by atoms with Gasteiger partial charge in [0.2, 0.25) is 0 Å². The molecule has 13 heavy (non-hydrogen) atoms. The van der Waals surface area contributed by atoms with Crippen molar-refractivity contribution in [1.29, 1.82) is 0 Å². The van der Waals surface area contributed by atoms with E-state index in [-0.39, 0.29) is 5.78 Å². The Bertz CT molecular complexity index is 346. The first kappa shape index (κ1) is 10.1. The van der Waals surface area contributed by atoms with Crippen molar-refractivity contribution in [2.75, 3.05) is 0 Å². The number of hydrogen-bond donors (Lipinski definition) is 1. The summed E-state index contributed by atoms with van der Waals surface area (Å²) in [6.07, 6.45) is 0. The van der Waals surface area contributed by atoms with Crippen molar-refractivity contribution in [2.24, 2.45) is 7.05 Å². The molecule has 5 heteroatoms. The van der Waals surface area contributed by atoms with E-state index < -0.39 is 11.1 Å². The third-order valence-corrected chi connectivity index (χ3v) is 2.83. The molecule has 0 aromatic carbocycles. The van der Waals surface area contributed by atoms with Crippen LogP contribution in [0.4, 0.5) is 0 Å². The van der Waals surface area contributed by atoms with Crippen LogP contribution in [0, 0.1) is 6.92 Å². The number of rotatable bonds is 2. The Hall–Kier alpha value is -0.940. The van der Waals surface area contributed by atoms with Crippen molar-refractivity contribution in [3.05, 3.63) is 17.5 Å². The fourth-order valence-corrected chi connectivity index (χ4v) is 1.79. The fourth-order valence-electron chi connectivity index (χ4n) is 1.19. The molecule has 0 bridgehead atoms. The fraction of sp³-hybridized carbons (Fsp3) is 0.375. The summed E-state index contributed by atoms with van der Waals surface area (Å²) >= 11 is -2.02. The number of Topliss-reactive ketones (excluding diaryl/α,β-unsaturated/α-hetero) is 1. The van der Waals surface area contributed by atoms with Crippen LogP contribution in [0.3, 0.4) is 0 Å². The molecule has 1 aromatic heterocycles. The molecule has 1 atom stereocenters. The van der Waals surface area contributed by atoms with Gasteiger partial charge in [-0.1, -0.05) is 0 Å². The number of carbonyl (C=O) groups is 1. The van der Waals surface area contributed by atoms with Gasteiger partial charge in [-0.05, 0) is 13.0 Å². The van der Waals surface area contributed by atoms with Crippen molar-refractivity contribution in [3.63, 3.8) is 0 Å². The lowest BCUT2D eigenvalue weighted by Gasteiger charge is -2.00. The average Bonchev–Trinajstić information content (AvgIpc) is 2.29. The van der Waals surface area contributed by atoms with Crippen molar-refractivity contribution in [3.8, 4) is 0 Å². The average molecular weight is 201 g/mol. The van der Waals surface area contributed by atoms with Crippen LogP contribution in [0.25, 0.3) is 0 Å². The minimum absolute atomic E-state index is 0.109. The first-order valence-corrected chi connectivity index (χ1v) is 4.84. The van der Waals surface area contributed by atoms with E-state index in [2.05, 4.69) is 0 Å². The third-order valence-electron chi connectivity index (χ3n) is 2.04. The van der Waals surface area contributed by atoms with Crippen molar-refractivity contribution in [1.82, 2.24) is 4.57 Å². The van der Waals surface area contributed by atoms with Crippen LogP contribution in [0.2, 0.25) is 0 Å². The molecule has 0 aliphatic rings. The first-order chi connectivity index (χ1) is 5.95. The minimum Gasteiger partial charge on any atom is -0.344 e. The van der Waals surface area contributed by atoms with Crippen LogP contribution in [0.1, 0.15) is 23.1 Å². The van der Waals surface area contributed by atoms with E-state index in [0.29, 0.717) is 16.3 Å². The van der Waals surface area contributed by atoms with Crippen molar-refractivity contribution in [2.45, 2.75) is 18.7 Å². The van der Waals surface area contributed by atoms with Gasteiger partial charge in [0, 0.05) is 19.7 Å². The zero-order valence-corrected chi connectivity index (χ0v) is 8.51. The minimum atomic E-state index is -2.02. The van der Waals surface area contributed by atoms with E-state index in [0.717, 1.165) is 0 Å². The maximum absolute atomic E-state index is 11.1. The molecule has 0 spiro atoms. The summed E-state index contributed by atoms with van der Waals surface area (Å²) in [7, 11) is 1.70. The van der Waals surface area contributed by atoms with Gasteiger partial charge < -0.3 is 9.12 Å². The number of ketones is 1. The molecule has 1 rings (SSSR count). The second-order valence-corrected chi connectivity index (χ2v) is 3.78. The van der Waals surface area contributed by atoms with Crippen LogP contribution in [0.15, 0.2) is 11.0 Å². The summed E-state index contributed by atoms with van der Waals surface area (Å²) in [6, 6.07) is 1.45. The van der Waals surface area contributed by atoms with Crippen LogP contribution >= 0.6 is 0 Å². The topological polar surface area (TPSA) is 59.3 Å². The molecular weight excluding hydrogens is 190 g/mol. The standard InChI is InChI=1S/C8H11NO3S/c1-5-8(13(11)12)4-7(6(2)10)9(5)3/h4H,1-3H3,(H,11,12). The SMILES string of the molecule is CC(=O)c1cc(S(=O)O)c(C)n1C. The van der Waals surface area contributed by atoms with Crippen molar-refractivity contribution >= 4 is 16.9 Å². The van der Waals surface area contributed by atoms with Gasteiger partial charge in [0.25, 0.3) is 0 Å². The predicted molar refractivity (Wildman–Crippen MR) is 49.2 cm³/mol. The second-order valence-electron chi connectivity index (χ2n) is 2.84. The van der Waals surface area contributed by atoms with Gasteiger partial charge in [0.15, 0.2) is 16.9 Å². The number of carbonyl (C=O) groups excluding carboxylic acids is 1. The molecule has 0 saturated heterocycles. The van der Waals surface area contributed by atoms with Crippen LogP contribution in [0.5, 0.6) is 0 Å². The van der Waals surface area contributed by atoms with E-state index in [1.54, 1.807) is 18.5 Å². The van der Waals surface area contributed by atoms with E-state index in [1.165, 1.54) is 13.0 Å². The van der Waals surface area contributed by atoms with Gasteiger partial charge in [0.1, 0.15) is 0 Å². The first-order valence-electron chi connectivity index (χ1n) is 3.73. The van der Waals surface area contributed by atoms with Gasteiger partial charge in [-0.2, -0.15) is 0 Å². The van der Waals surface area contributed by atoms with Gasteiger partial charge in [-0.15, -0.1) is 0 Å². The molecule has 1 heterocycles. The van der Waals surface area contributed by atoms with Crippen molar-refractivity contribution < 1.29 is 13.6 Å². The summed E-state index contributed by atoms with van der Waals surface area (Å²) < 4.78 is 21.3. The van der Waals surface area contributed by atoms with E-state index in [9.17, 15) is 9.00 Å². The van der Waals surface area contributed by atoms with Crippen LogP contribution < -0.4 is 0 Å². The summed E-state index contributed by atoms with van der Waals surface area (Å²) in [6.45, 7) is 3.13. The zero-order chi connectivity index (χ0) is 10.2. The smallest absolute Gasteiger partial charge is 0.188 e. The number of aromatic nitrogens is 1. The Morgan fingerprint density at radius 2 is 2.15 bits per heavy atom. The van der Waals surface area contributed by atoms with Crippen LogP contribution in [-0.4, -0.2) is 19.1 Å². The third kappa shape index (κ3) is 1.71. The van der Waals surface area contributed by atoms with Crippen LogP contribution in [-0.2, 0) is 18.1 Å². The van der Waals surface area contributed by atoms with Gasteiger partial charge >= 0.3 is 0 Å². The highest BCUT2D eigenvalue weighted by molar-refractivity contribution is 7.79. The molecule has 0 amide bonds. The van der Waals surface area contributed by atoms with Gasteiger partial charge in [0.05, 0.1) is 10.6 Å². The summed E-state index contributed by atoms with van der Waals surface area (Å²) in [5.41, 5.74) is 1.10. The molecule has 0 aliphatic heterocycles. The number of nitrogens with zero attached hydrogens (tertiary/aromatic N) is 1. The lowest BCUT2D eigenvalue weighted by atomic mass is 10.3. The van der Waals surface area contributed by atoms with E-state index in [4.69, 9.17) is 4.55 Å². The molecule has 1 unspecified atom stereocenters. The van der Waals surface area contributed by atoms with Gasteiger partial charge in [-0.3, -0.25) is 4.79 Å². The Labute approximate surface area is 78.8 Å². The monoisotopic (exact) mass is 201 g/mol. The van der Waals surface area contributed by atoms with Gasteiger partial charge in [-0.25, -0.2) is 4.21 Å². The quantitative estimate of drug-likeness (QED) is 0.576. The Kier molecular flexibility index (Phi) is 2.68. The molecule has 1 N–H and O–H groups in total. The van der Waals surface area contributed by atoms with E-state index in [1.807, 2.05) is 0 Å². The molecular formula is C8H11NO3S. The molecule has 4 nitrogen and oxygen atoms in total. The molecule has 0 fully saturated rings. The molecule has 0 aliphatic carbocycles. The highest BCUT2D eigenvalue weighted by Crippen LogP contribution is 2.17. The summed E-state index contributed by atoms with van der Waals surface area (Å²) in [5, 5.41) is 0. The zero-order valence-electron chi connectivity index (χ0n) is 7.70. The lowest BCUT2D eigenvalue weighted by Crippen LogP contribution is -2.02. The Morgan fingerprint density at radius 3 is 2.38 bits per heavy atom. The van der Waals surface area contributed by atoms with E-state index >= 15 is 0 Å². The normalized spacial score (nSPS) is 12.9. The Morgan fingerprint density at radius 1 is 1.62 bits per heavy atom. The molecule has 1 aromatic rings. The maximum atomic E-state index is 11.1. The maximum Gasteiger partial charge on any atom is 0.188 e. The Balaban J connectivity index is 3.36. The lowest BCUT2D eigenvalue weighted by molar-refractivity contribution is 0.101. The largest absolute Gasteiger partial charge is 0.344 e. The predicted octanol–water partition coefficient (Wildman–Crippen LogP) is 1.12. The number of hydrogen-bond acceptors (Lipinski definition) is 2. The highest BCUT2D eigenvalue weighted by Gasteiger charge is 2.15.